The van der Waals surface area contributed by atoms with E-state index in [-0.39, 0.29) is 12.1 Å². The van der Waals surface area contributed by atoms with Crippen LogP contribution in [0.15, 0.2) is 42.6 Å². The molecule has 0 aliphatic carbocycles. The van der Waals surface area contributed by atoms with Gasteiger partial charge in [-0.1, -0.05) is 12.1 Å². The molecule has 0 spiro atoms. The number of anilines is 1. The second-order valence-electron chi connectivity index (χ2n) is 5.22. The monoisotopic (exact) mass is 313 g/mol. The number of ether oxygens (including phenoxy) is 2. The number of benzene rings is 1. The molecule has 3 rings (SSSR count). The summed E-state index contributed by atoms with van der Waals surface area (Å²) in [6, 6.07) is 11.1. The molecule has 23 heavy (non-hydrogen) atoms. The van der Waals surface area contributed by atoms with Crippen LogP contribution in [0.25, 0.3) is 0 Å². The van der Waals surface area contributed by atoms with Crippen LogP contribution in [0.5, 0.6) is 5.75 Å². The predicted molar refractivity (Wildman–Crippen MR) is 86.5 cm³/mol. The number of fused-ring (bicyclic) bond motifs is 1. The largest absolute Gasteiger partial charge is 0.493 e. The minimum atomic E-state index is -0.326. The molecule has 1 aromatic carbocycles. The fourth-order valence-electron chi connectivity index (χ4n) is 2.43. The number of rotatable bonds is 6. The van der Waals surface area contributed by atoms with Crippen molar-refractivity contribution in [3.63, 3.8) is 0 Å². The number of pyridine rings is 1. The van der Waals surface area contributed by atoms with Crippen LogP contribution in [0, 0.1) is 0 Å². The molecule has 1 aliphatic rings. The van der Waals surface area contributed by atoms with E-state index in [1.165, 1.54) is 0 Å². The van der Waals surface area contributed by atoms with E-state index in [0.29, 0.717) is 24.6 Å². The van der Waals surface area contributed by atoms with E-state index in [9.17, 15) is 4.79 Å². The van der Waals surface area contributed by atoms with Crippen molar-refractivity contribution in [2.75, 3.05) is 25.6 Å². The number of methoxy groups -OCH3 is 1. The van der Waals surface area contributed by atoms with Crippen LogP contribution < -0.4 is 15.4 Å². The number of aromatic nitrogens is 1. The van der Waals surface area contributed by atoms with Crippen molar-refractivity contribution < 1.29 is 14.3 Å². The summed E-state index contributed by atoms with van der Waals surface area (Å²) in [7, 11) is 1.67. The normalized spacial score (nSPS) is 16.2. The first-order valence-electron chi connectivity index (χ1n) is 7.52. The molecule has 6 heteroatoms. The van der Waals surface area contributed by atoms with E-state index < -0.39 is 0 Å². The lowest BCUT2D eigenvalue weighted by Gasteiger charge is -2.27. The van der Waals surface area contributed by atoms with Gasteiger partial charge >= 0.3 is 0 Å². The van der Waals surface area contributed by atoms with Gasteiger partial charge in [0.05, 0.1) is 12.2 Å². The van der Waals surface area contributed by atoms with Gasteiger partial charge in [0, 0.05) is 26.3 Å². The van der Waals surface area contributed by atoms with Gasteiger partial charge in [0.1, 0.15) is 17.7 Å². The smallest absolute Gasteiger partial charge is 0.256 e. The third kappa shape index (κ3) is 3.60. The highest BCUT2D eigenvalue weighted by Gasteiger charge is 2.25. The molecule has 1 unspecified atom stereocenters. The van der Waals surface area contributed by atoms with Crippen LogP contribution in [-0.2, 0) is 4.74 Å². The Kier molecular flexibility index (Phi) is 4.73. The highest BCUT2D eigenvalue weighted by molar-refractivity contribution is 6.00. The molecule has 2 aromatic rings. The van der Waals surface area contributed by atoms with E-state index in [2.05, 4.69) is 15.6 Å². The van der Waals surface area contributed by atoms with Crippen molar-refractivity contribution in [3.05, 3.63) is 53.7 Å². The molecule has 1 aromatic heterocycles. The molecule has 0 saturated carbocycles. The summed E-state index contributed by atoms with van der Waals surface area (Å²) >= 11 is 0. The minimum absolute atomic E-state index is 0.136. The summed E-state index contributed by atoms with van der Waals surface area (Å²) < 4.78 is 10.7. The van der Waals surface area contributed by atoms with Gasteiger partial charge in [-0.15, -0.1) is 0 Å². The highest BCUT2D eigenvalue weighted by Crippen LogP contribution is 2.26. The Morgan fingerprint density at radius 2 is 2.09 bits per heavy atom. The van der Waals surface area contributed by atoms with Gasteiger partial charge in [0.25, 0.3) is 5.91 Å². The van der Waals surface area contributed by atoms with Gasteiger partial charge in [-0.3, -0.25) is 4.79 Å². The average molecular weight is 313 g/mol. The molecule has 6 nitrogen and oxygen atoms in total. The van der Waals surface area contributed by atoms with Gasteiger partial charge in [0.2, 0.25) is 0 Å². The Bertz CT molecular complexity index is 690. The SMILES string of the molecule is COCCCOc1cccc(C2NC(=O)c3cccnc3N2)c1. The maximum absolute atomic E-state index is 12.2. The Hall–Kier alpha value is -2.60. The van der Waals surface area contributed by atoms with Crippen LogP contribution in [0.3, 0.4) is 0 Å². The molecule has 1 amide bonds. The number of carbonyl (C=O) groups excluding carboxylic acids is 1. The standard InChI is InChI=1S/C17H19N3O3/c1-22-9-4-10-23-13-6-2-5-12(11-13)15-19-16-14(17(21)20-15)7-3-8-18-16/h2-3,5-8,11,15H,4,9-10H2,1H3,(H,18,19)(H,20,21). The van der Waals surface area contributed by atoms with Gasteiger partial charge in [-0.25, -0.2) is 4.98 Å². The third-order valence-electron chi connectivity index (χ3n) is 3.56. The Labute approximate surface area is 134 Å². The molecule has 1 atom stereocenters. The van der Waals surface area contributed by atoms with Crippen LogP contribution in [0.2, 0.25) is 0 Å². The van der Waals surface area contributed by atoms with Crippen molar-refractivity contribution in [2.24, 2.45) is 0 Å². The average Bonchev–Trinajstić information content (AvgIpc) is 2.59. The quantitative estimate of drug-likeness (QED) is 0.801. The number of amides is 1. The first kappa shape index (κ1) is 15.3. The van der Waals surface area contributed by atoms with Crippen molar-refractivity contribution in [1.29, 1.82) is 0 Å². The summed E-state index contributed by atoms with van der Waals surface area (Å²) in [5.41, 5.74) is 1.47. The summed E-state index contributed by atoms with van der Waals surface area (Å²) in [6.07, 6.45) is 2.17. The summed E-state index contributed by atoms with van der Waals surface area (Å²) in [6.45, 7) is 1.26. The Balaban J connectivity index is 1.71. The first-order valence-corrected chi connectivity index (χ1v) is 7.52. The molecule has 2 heterocycles. The minimum Gasteiger partial charge on any atom is -0.493 e. The third-order valence-corrected chi connectivity index (χ3v) is 3.56. The van der Waals surface area contributed by atoms with Gasteiger partial charge < -0.3 is 20.1 Å². The number of carbonyl (C=O) groups is 1. The van der Waals surface area contributed by atoms with Crippen LogP contribution >= 0.6 is 0 Å². The van der Waals surface area contributed by atoms with Crippen molar-refractivity contribution in [1.82, 2.24) is 10.3 Å². The molecule has 2 N–H and O–H groups in total. The molecule has 1 aliphatic heterocycles. The summed E-state index contributed by atoms with van der Waals surface area (Å²) in [5.74, 6) is 1.22. The molecule has 0 bridgehead atoms. The molecular weight excluding hydrogens is 294 g/mol. The Morgan fingerprint density at radius 1 is 1.17 bits per heavy atom. The number of hydrogen-bond donors (Lipinski definition) is 2. The number of nitrogens with one attached hydrogen (secondary N) is 2. The summed E-state index contributed by atoms with van der Waals surface area (Å²) in [5, 5.41) is 6.16. The van der Waals surface area contributed by atoms with Gasteiger partial charge in [0.15, 0.2) is 0 Å². The number of hydrogen-bond acceptors (Lipinski definition) is 5. The van der Waals surface area contributed by atoms with E-state index in [1.54, 1.807) is 25.4 Å². The Morgan fingerprint density at radius 3 is 2.96 bits per heavy atom. The topological polar surface area (TPSA) is 72.5 Å². The van der Waals surface area contributed by atoms with Crippen molar-refractivity contribution in [2.45, 2.75) is 12.6 Å². The zero-order chi connectivity index (χ0) is 16.1. The maximum Gasteiger partial charge on any atom is 0.256 e. The van der Waals surface area contributed by atoms with Gasteiger partial charge in [-0.05, 0) is 29.8 Å². The van der Waals surface area contributed by atoms with E-state index >= 15 is 0 Å². The molecule has 0 radical (unpaired) electrons. The number of nitrogens with zero attached hydrogens (tertiary/aromatic N) is 1. The van der Waals surface area contributed by atoms with E-state index in [4.69, 9.17) is 9.47 Å². The lowest BCUT2D eigenvalue weighted by molar-refractivity contribution is 0.0935. The van der Waals surface area contributed by atoms with Crippen LogP contribution in [0.4, 0.5) is 5.82 Å². The second kappa shape index (κ2) is 7.11. The molecule has 0 fully saturated rings. The van der Waals surface area contributed by atoms with Crippen LogP contribution in [0.1, 0.15) is 28.5 Å². The maximum atomic E-state index is 12.2. The fourth-order valence-corrected chi connectivity index (χ4v) is 2.43. The summed E-state index contributed by atoms with van der Waals surface area (Å²) in [4.78, 5) is 16.4. The fraction of sp³-hybridized carbons (Fsp3) is 0.294. The highest BCUT2D eigenvalue weighted by atomic mass is 16.5. The zero-order valence-corrected chi connectivity index (χ0v) is 12.9. The first-order chi connectivity index (χ1) is 11.3. The molecule has 0 saturated heterocycles. The van der Waals surface area contributed by atoms with Crippen molar-refractivity contribution >= 4 is 11.7 Å². The molecular formula is C17H19N3O3. The van der Waals surface area contributed by atoms with Crippen LogP contribution in [-0.4, -0.2) is 31.2 Å². The molecule has 120 valence electrons. The van der Waals surface area contributed by atoms with Gasteiger partial charge in [-0.2, -0.15) is 0 Å². The predicted octanol–water partition coefficient (Wildman–Crippen LogP) is 2.35. The second-order valence-corrected chi connectivity index (χ2v) is 5.22. The van der Waals surface area contributed by atoms with Crippen molar-refractivity contribution in [3.8, 4) is 5.75 Å². The van der Waals surface area contributed by atoms with E-state index in [1.807, 2.05) is 24.3 Å². The zero-order valence-electron chi connectivity index (χ0n) is 12.9. The lowest BCUT2D eigenvalue weighted by Crippen LogP contribution is -2.38. The van der Waals surface area contributed by atoms with E-state index in [0.717, 1.165) is 17.7 Å². The lowest BCUT2D eigenvalue weighted by atomic mass is 10.1.